The Bertz CT molecular complexity index is 476. The van der Waals surface area contributed by atoms with Crippen LogP contribution in [0.5, 0.6) is 0 Å². The van der Waals surface area contributed by atoms with Crippen LogP contribution in [0.4, 0.5) is 0 Å². The fourth-order valence-corrected chi connectivity index (χ4v) is 3.90. The number of hydrogen-bond acceptors (Lipinski definition) is 3. The van der Waals surface area contributed by atoms with Crippen molar-refractivity contribution in [2.24, 2.45) is 5.73 Å². The zero-order valence-corrected chi connectivity index (χ0v) is 13.7. The molecule has 0 bridgehead atoms. The van der Waals surface area contributed by atoms with Crippen molar-refractivity contribution >= 4 is 0 Å². The van der Waals surface area contributed by atoms with Gasteiger partial charge in [0.05, 0.1) is 0 Å². The lowest BCUT2D eigenvalue weighted by Crippen LogP contribution is -2.48. The fourth-order valence-electron chi connectivity index (χ4n) is 3.90. The van der Waals surface area contributed by atoms with Gasteiger partial charge in [-0.15, -0.1) is 0 Å². The van der Waals surface area contributed by atoms with Gasteiger partial charge in [0, 0.05) is 44.8 Å². The van der Waals surface area contributed by atoms with Gasteiger partial charge in [0.15, 0.2) is 0 Å². The highest BCUT2D eigenvalue weighted by Crippen LogP contribution is 2.28. The maximum Gasteiger partial charge on any atom is 0.0429 e. The standard InChI is InChI=1S/C18H29N3/c1-13-10-14(2)18(15(3)11-13)17(19)12-20-6-8-21(9-7-20)16-4-5-16/h10-11,16-17H,4-9,12,19H2,1-3H3. The predicted molar refractivity (Wildman–Crippen MR) is 88.6 cm³/mol. The summed E-state index contributed by atoms with van der Waals surface area (Å²) in [6.45, 7) is 12.3. The highest BCUT2D eigenvalue weighted by atomic mass is 15.3. The van der Waals surface area contributed by atoms with Gasteiger partial charge in [0.25, 0.3) is 0 Å². The molecule has 1 aromatic carbocycles. The SMILES string of the molecule is Cc1cc(C)c(C(N)CN2CCN(C3CC3)CC2)c(C)c1. The van der Waals surface area contributed by atoms with E-state index >= 15 is 0 Å². The van der Waals surface area contributed by atoms with Gasteiger partial charge in [-0.2, -0.15) is 0 Å². The molecule has 2 aliphatic rings. The molecule has 116 valence electrons. The lowest BCUT2D eigenvalue weighted by molar-refractivity contribution is 0.121. The molecule has 1 aromatic rings. The van der Waals surface area contributed by atoms with Crippen molar-refractivity contribution in [1.29, 1.82) is 0 Å². The van der Waals surface area contributed by atoms with Crippen molar-refractivity contribution < 1.29 is 0 Å². The Balaban J connectivity index is 1.60. The smallest absolute Gasteiger partial charge is 0.0429 e. The number of aryl methyl sites for hydroxylation is 3. The van der Waals surface area contributed by atoms with Crippen LogP contribution in [-0.4, -0.2) is 48.6 Å². The Hall–Kier alpha value is -0.900. The van der Waals surface area contributed by atoms with E-state index in [0.29, 0.717) is 0 Å². The maximum atomic E-state index is 6.53. The quantitative estimate of drug-likeness (QED) is 0.923. The van der Waals surface area contributed by atoms with Crippen LogP contribution in [0.15, 0.2) is 12.1 Å². The van der Waals surface area contributed by atoms with E-state index in [-0.39, 0.29) is 6.04 Å². The first-order valence-electron chi connectivity index (χ1n) is 8.34. The minimum atomic E-state index is 0.137. The van der Waals surface area contributed by atoms with Crippen molar-refractivity contribution in [3.05, 3.63) is 34.4 Å². The number of piperazine rings is 1. The van der Waals surface area contributed by atoms with E-state index in [1.807, 2.05) is 0 Å². The molecule has 3 rings (SSSR count). The molecule has 1 aliphatic carbocycles. The average Bonchev–Trinajstić information content (AvgIpc) is 3.22. The number of rotatable bonds is 4. The molecule has 0 radical (unpaired) electrons. The minimum absolute atomic E-state index is 0.137. The largest absolute Gasteiger partial charge is 0.323 e. The van der Waals surface area contributed by atoms with Crippen LogP contribution in [0, 0.1) is 20.8 Å². The van der Waals surface area contributed by atoms with E-state index in [1.54, 1.807) is 0 Å². The van der Waals surface area contributed by atoms with E-state index in [1.165, 1.54) is 61.3 Å². The second kappa shape index (κ2) is 6.07. The third-order valence-electron chi connectivity index (χ3n) is 5.03. The van der Waals surface area contributed by atoms with Crippen LogP contribution in [-0.2, 0) is 0 Å². The number of hydrogen-bond donors (Lipinski definition) is 1. The zero-order chi connectivity index (χ0) is 15.0. The van der Waals surface area contributed by atoms with Gasteiger partial charge in [-0.05, 0) is 50.3 Å². The van der Waals surface area contributed by atoms with Gasteiger partial charge in [0.2, 0.25) is 0 Å². The summed E-state index contributed by atoms with van der Waals surface area (Å²) in [6, 6.07) is 5.56. The Morgan fingerprint density at radius 1 is 1.05 bits per heavy atom. The highest BCUT2D eigenvalue weighted by molar-refractivity contribution is 5.39. The van der Waals surface area contributed by atoms with Crippen LogP contribution < -0.4 is 5.73 Å². The molecule has 1 aliphatic heterocycles. The third-order valence-corrected chi connectivity index (χ3v) is 5.03. The maximum absolute atomic E-state index is 6.53. The van der Waals surface area contributed by atoms with Crippen molar-refractivity contribution in [2.45, 2.75) is 45.7 Å². The van der Waals surface area contributed by atoms with E-state index in [9.17, 15) is 0 Å². The molecular formula is C18H29N3. The van der Waals surface area contributed by atoms with E-state index in [2.05, 4.69) is 42.7 Å². The number of benzene rings is 1. The molecular weight excluding hydrogens is 258 g/mol. The summed E-state index contributed by atoms with van der Waals surface area (Å²) >= 11 is 0. The molecule has 21 heavy (non-hydrogen) atoms. The van der Waals surface area contributed by atoms with Crippen LogP contribution in [0.2, 0.25) is 0 Å². The Morgan fingerprint density at radius 3 is 2.14 bits per heavy atom. The summed E-state index contributed by atoms with van der Waals surface area (Å²) < 4.78 is 0. The van der Waals surface area contributed by atoms with E-state index < -0.39 is 0 Å². The van der Waals surface area contributed by atoms with Crippen molar-refractivity contribution in [2.75, 3.05) is 32.7 Å². The van der Waals surface area contributed by atoms with Gasteiger partial charge in [0.1, 0.15) is 0 Å². The summed E-state index contributed by atoms with van der Waals surface area (Å²) in [5.74, 6) is 0. The molecule has 3 heteroatoms. The Morgan fingerprint density at radius 2 is 1.62 bits per heavy atom. The predicted octanol–water partition coefficient (Wildman–Crippen LogP) is 2.39. The van der Waals surface area contributed by atoms with Gasteiger partial charge in [-0.1, -0.05) is 17.7 Å². The summed E-state index contributed by atoms with van der Waals surface area (Å²) in [4.78, 5) is 5.20. The first kappa shape index (κ1) is 15.0. The normalized spacial score (nSPS) is 22.5. The molecule has 0 spiro atoms. The second-order valence-electron chi connectivity index (χ2n) is 6.99. The van der Waals surface area contributed by atoms with Crippen molar-refractivity contribution in [1.82, 2.24) is 9.80 Å². The number of nitrogens with zero attached hydrogens (tertiary/aromatic N) is 2. The molecule has 0 amide bonds. The van der Waals surface area contributed by atoms with Gasteiger partial charge < -0.3 is 5.73 Å². The fraction of sp³-hybridized carbons (Fsp3) is 0.667. The minimum Gasteiger partial charge on any atom is -0.323 e. The average molecular weight is 287 g/mol. The third kappa shape index (κ3) is 3.47. The van der Waals surface area contributed by atoms with Crippen LogP contribution >= 0.6 is 0 Å². The van der Waals surface area contributed by atoms with E-state index in [0.717, 1.165) is 12.6 Å². The molecule has 2 fully saturated rings. The molecule has 3 nitrogen and oxygen atoms in total. The molecule has 0 aromatic heterocycles. The van der Waals surface area contributed by atoms with Crippen LogP contribution in [0.3, 0.4) is 0 Å². The van der Waals surface area contributed by atoms with Crippen LogP contribution in [0.25, 0.3) is 0 Å². The van der Waals surface area contributed by atoms with Crippen molar-refractivity contribution in [3.63, 3.8) is 0 Å². The second-order valence-corrected chi connectivity index (χ2v) is 6.99. The summed E-state index contributed by atoms with van der Waals surface area (Å²) in [5.41, 5.74) is 11.9. The first-order valence-corrected chi connectivity index (χ1v) is 8.34. The van der Waals surface area contributed by atoms with Gasteiger partial charge in [-0.25, -0.2) is 0 Å². The summed E-state index contributed by atoms with van der Waals surface area (Å²) in [7, 11) is 0. The van der Waals surface area contributed by atoms with Crippen molar-refractivity contribution in [3.8, 4) is 0 Å². The molecule has 1 atom stereocenters. The van der Waals surface area contributed by atoms with Gasteiger partial charge >= 0.3 is 0 Å². The lowest BCUT2D eigenvalue weighted by atomic mass is 9.94. The molecule has 1 unspecified atom stereocenters. The molecule has 1 heterocycles. The number of nitrogens with two attached hydrogens (primary N) is 1. The molecule has 1 saturated heterocycles. The lowest BCUT2D eigenvalue weighted by Gasteiger charge is -2.36. The topological polar surface area (TPSA) is 32.5 Å². The van der Waals surface area contributed by atoms with E-state index in [4.69, 9.17) is 5.73 Å². The monoisotopic (exact) mass is 287 g/mol. The van der Waals surface area contributed by atoms with Gasteiger partial charge in [-0.3, -0.25) is 9.80 Å². The molecule has 2 N–H and O–H groups in total. The Kier molecular flexibility index (Phi) is 4.34. The first-order chi connectivity index (χ1) is 10.0. The highest BCUT2D eigenvalue weighted by Gasteiger charge is 2.31. The Labute approximate surface area is 129 Å². The summed E-state index contributed by atoms with van der Waals surface area (Å²) in [6.07, 6.45) is 2.84. The summed E-state index contributed by atoms with van der Waals surface area (Å²) in [5, 5.41) is 0. The molecule has 1 saturated carbocycles. The van der Waals surface area contributed by atoms with Crippen LogP contribution in [0.1, 0.15) is 41.1 Å². The zero-order valence-electron chi connectivity index (χ0n) is 13.7.